The van der Waals surface area contributed by atoms with Crippen molar-refractivity contribution in [2.45, 2.75) is 13.0 Å². The van der Waals surface area contributed by atoms with E-state index in [9.17, 15) is 14.0 Å². The molecule has 0 saturated carbocycles. The highest BCUT2D eigenvalue weighted by atomic mass is 19.1. The van der Waals surface area contributed by atoms with Crippen molar-refractivity contribution in [3.8, 4) is 0 Å². The fourth-order valence-corrected chi connectivity index (χ4v) is 3.04. The summed E-state index contributed by atoms with van der Waals surface area (Å²) in [7, 11) is 0. The molecular formula is C18H14FN3O2. The Morgan fingerprint density at radius 3 is 2.75 bits per heavy atom. The fourth-order valence-electron chi connectivity index (χ4n) is 3.04. The highest BCUT2D eigenvalue weighted by Gasteiger charge is 2.40. The van der Waals surface area contributed by atoms with Gasteiger partial charge in [-0.1, -0.05) is 24.3 Å². The van der Waals surface area contributed by atoms with Crippen LogP contribution >= 0.6 is 0 Å². The van der Waals surface area contributed by atoms with Gasteiger partial charge in [0.2, 0.25) is 0 Å². The van der Waals surface area contributed by atoms with Gasteiger partial charge in [0.1, 0.15) is 11.9 Å². The van der Waals surface area contributed by atoms with Crippen molar-refractivity contribution in [1.29, 1.82) is 0 Å². The molecule has 1 fully saturated rings. The first-order valence-electron chi connectivity index (χ1n) is 7.53. The van der Waals surface area contributed by atoms with E-state index in [1.165, 1.54) is 12.1 Å². The second-order valence-corrected chi connectivity index (χ2v) is 5.78. The third kappa shape index (κ3) is 2.07. The number of benzene rings is 2. The third-order valence-corrected chi connectivity index (χ3v) is 4.26. The molecule has 1 saturated heterocycles. The van der Waals surface area contributed by atoms with Gasteiger partial charge >= 0.3 is 6.03 Å². The van der Waals surface area contributed by atoms with Crippen molar-refractivity contribution in [1.82, 2.24) is 10.3 Å². The quantitative estimate of drug-likeness (QED) is 0.710. The molecule has 2 heterocycles. The molecule has 0 spiro atoms. The predicted octanol–water partition coefficient (Wildman–Crippen LogP) is 3.41. The van der Waals surface area contributed by atoms with Gasteiger partial charge in [-0.25, -0.2) is 14.1 Å². The van der Waals surface area contributed by atoms with Gasteiger partial charge in [-0.05, 0) is 36.2 Å². The SMILES string of the molecule is Cc1cc(C2NC(=O)N(c3cccc4cc[nH]c34)C2=O)ccc1F. The Morgan fingerprint density at radius 2 is 1.96 bits per heavy atom. The van der Waals surface area contributed by atoms with Gasteiger partial charge in [-0.15, -0.1) is 0 Å². The molecule has 0 aliphatic carbocycles. The smallest absolute Gasteiger partial charge is 0.329 e. The number of nitrogens with one attached hydrogen (secondary N) is 2. The summed E-state index contributed by atoms with van der Waals surface area (Å²) < 4.78 is 13.5. The maximum atomic E-state index is 13.5. The van der Waals surface area contributed by atoms with E-state index < -0.39 is 12.1 Å². The third-order valence-electron chi connectivity index (χ3n) is 4.26. The monoisotopic (exact) mass is 323 g/mol. The van der Waals surface area contributed by atoms with Crippen molar-refractivity contribution in [2.75, 3.05) is 4.90 Å². The molecule has 0 radical (unpaired) electrons. The number of nitrogens with zero attached hydrogens (tertiary/aromatic N) is 1. The van der Waals surface area contributed by atoms with Crippen molar-refractivity contribution < 1.29 is 14.0 Å². The molecule has 24 heavy (non-hydrogen) atoms. The Bertz CT molecular complexity index is 979. The van der Waals surface area contributed by atoms with Crippen LogP contribution in [0.2, 0.25) is 0 Å². The summed E-state index contributed by atoms with van der Waals surface area (Å²) >= 11 is 0. The van der Waals surface area contributed by atoms with Crippen molar-refractivity contribution in [3.05, 3.63) is 65.6 Å². The average Bonchev–Trinajstić information content (AvgIpc) is 3.15. The first-order valence-corrected chi connectivity index (χ1v) is 7.53. The Labute approximate surface area is 137 Å². The Morgan fingerprint density at radius 1 is 1.12 bits per heavy atom. The lowest BCUT2D eigenvalue weighted by molar-refractivity contribution is -0.118. The van der Waals surface area contributed by atoms with Gasteiger partial charge < -0.3 is 10.3 Å². The van der Waals surface area contributed by atoms with Gasteiger partial charge in [0, 0.05) is 11.6 Å². The van der Waals surface area contributed by atoms with E-state index in [2.05, 4.69) is 10.3 Å². The van der Waals surface area contributed by atoms with E-state index in [0.29, 0.717) is 16.8 Å². The zero-order valence-corrected chi connectivity index (χ0v) is 12.8. The van der Waals surface area contributed by atoms with Gasteiger partial charge in [0.15, 0.2) is 0 Å². The Balaban J connectivity index is 1.76. The lowest BCUT2D eigenvalue weighted by atomic mass is 10.0. The summed E-state index contributed by atoms with van der Waals surface area (Å²) in [6.45, 7) is 1.62. The number of para-hydroxylation sites is 1. The minimum absolute atomic E-state index is 0.344. The van der Waals surface area contributed by atoms with E-state index >= 15 is 0 Å². The van der Waals surface area contributed by atoms with Crippen LogP contribution in [0.15, 0.2) is 48.7 Å². The zero-order valence-electron chi connectivity index (χ0n) is 12.8. The molecule has 1 atom stereocenters. The number of rotatable bonds is 2. The Kier molecular flexibility index (Phi) is 3.13. The number of aromatic nitrogens is 1. The topological polar surface area (TPSA) is 65.2 Å². The molecule has 5 nitrogen and oxygen atoms in total. The number of amides is 3. The van der Waals surface area contributed by atoms with Gasteiger partial charge in [-0.3, -0.25) is 4.79 Å². The van der Waals surface area contributed by atoms with Crippen LogP contribution < -0.4 is 10.2 Å². The number of carbonyl (C=O) groups excluding carboxylic acids is 2. The standard InChI is InChI=1S/C18H14FN3O2/c1-10-9-12(5-6-13(10)19)16-17(23)22(18(24)21-16)14-4-2-3-11-7-8-20-15(11)14/h2-9,16,20H,1H3,(H,21,24). The maximum Gasteiger partial charge on any atom is 0.329 e. The Hall–Kier alpha value is -3.15. The number of H-pyrrole nitrogens is 1. The van der Waals surface area contributed by atoms with Crippen LogP contribution in [-0.2, 0) is 4.79 Å². The van der Waals surface area contributed by atoms with E-state index in [4.69, 9.17) is 0 Å². The summed E-state index contributed by atoms with van der Waals surface area (Å²) in [6.07, 6.45) is 1.76. The number of anilines is 1. The van der Waals surface area contributed by atoms with Crippen LogP contribution in [0.25, 0.3) is 10.9 Å². The first kappa shape index (κ1) is 14.4. The molecule has 0 bridgehead atoms. The lowest BCUT2D eigenvalue weighted by Gasteiger charge is -2.14. The largest absolute Gasteiger partial charge is 0.359 e. The number of halogens is 1. The molecule has 3 aromatic rings. The maximum absolute atomic E-state index is 13.5. The van der Waals surface area contributed by atoms with Crippen LogP contribution in [-0.4, -0.2) is 16.9 Å². The van der Waals surface area contributed by atoms with Gasteiger partial charge in [-0.2, -0.15) is 0 Å². The van der Waals surface area contributed by atoms with Gasteiger partial charge in [0.05, 0.1) is 11.2 Å². The first-order chi connectivity index (χ1) is 11.6. The number of urea groups is 1. The summed E-state index contributed by atoms with van der Waals surface area (Å²) in [5.74, 6) is -0.725. The zero-order chi connectivity index (χ0) is 16.8. The lowest BCUT2D eigenvalue weighted by Crippen LogP contribution is -2.30. The minimum atomic E-state index is -0.818. The summed E-state index contributed by atoms with van der Waals surface area (Å²) in [5.41, 5.74) is 2.21. The van der Waals surface area contributed by atoms with E-state index in [1.54, 1.807) is 31.3 Å². The van der Waals surface area contributed by atoms with Crippen LogP contribution in [0.1, 0.15) is 17.2 Å². The van der Waals surface area contributed by atoms with Crippen molar-refractivity contribution in [2.24, 2.45) is 0 Å². The summed E-state index contributed by atoms with van der Waals surface area (Å²) in [6, 6.07) is 10.4. The number of aromatic amines is 1. The highest BCUT2D eigenvalue weighted by Crippen LogP contribution is 2.32. The molecule has 6 heteroatoms. The molecule has 1 aliphatic heterocycles. The van der Waals surface area contributed by atoms with E-state index in [0.717, 1.165) is 15.8 Å². The van der Waals surface area contributed by atoms with Gasteiger partial charge in [0.25, 0.3) is 5.91 Å². The molecule has 1 aromatic heterocycles. The van der Waals surface area contributed by atoms with E-state index in [-0.39, 0.29) is 11.7 Å². The molecule has 120 valence electrons. The number of hydrogen-bond acceptors (Lipinski definition) is 2. The predicted molar refractivity (Wildman–Crippen MR) is 88.2 cm³/mol. The van der Waals surface area contributed by atoms with Crippen molar-refractivity contribution >= 4 is 28.5 Å². The van der Waals surface area contributed by atoms with Crippen LogP contribution in [0, 0.1) is 12.7 Å². The molecule has 2 aromatic carbocycles. The van der Waals surface area contributed by atoms with Crippen LogP contribution in [0.4, 0.5) is 14.9 Å². The second kappa shape index (κ2) is 5.19. The van der Waals surface area contributed by atoms with Crippen LogP contribution in [0.5, 0.6) is 0 Å². The molecule has 1 aliphatic rings. The number of imide groups is 1. The molecule has 1 unspecified atom stereocenters. The fraction of sp³-hybridized carbons (Fsp3) is 0.111. The normalized spacial score (nSPS) is 17.6. The second-order valence-electron chi connectivity index (χ2n) is 5.78. The molecule has 3 amide bonds. The number of aryl methyl sites for hydroxylation is 1. The molecular weight excluding hydrogens is 309 g/mol. The van der Waals surface area contributed by atoms with Crippen LogP contribution in [0.3, 0.4) is 0 Å². The number of fused-ring (bicyclic) bond motifs is 1. The molecule has 4 rings (SSSR count). The average molecular weight is 323 g/mol. The highest BCUT2D eigenvalue weighted by molar-refractivity contribution is 6.24. The summed E-state index contributed by atoms with van der Waals surface area (Å²) in [5, 5.41) is 3.58. The minimum Gasteiger partial charge on any atom is -0.359 e. The van der Waals surface area contributed by atoms with E-state index in [1.807, 2.05) is 12.1 Å². The van der Waals surface area contributed by atoms with Crippen molar-refractivity contribution in [3.63, 3.8) is 0 Å². The number of hydrogen-bond donors (Lipinski definition) is 2. The number of carbonyl (C=O) groups is 2. The molecule has 2 N–H and O–H groups in total. The summed E-state index contributed by atoms with van der Waals surface area (Å²) in [4.78, 5) is 29.4.